The van der Waals surface area contributed by atoms with Gasteiger partial charge >= 0.3 is 0 Å². The fraction of sp³-hybridized carbons (Fsp3) is 0.762. The van der Waals surface area contributed by atoms with E-state index in [0.717, 1.165) is 0 Å². The minimum atomic E-state index is 1.21. The second-order valence-corrected chi connectivity index (χ2v) is 6.67. The summed E-state index contributed by atoms with van der Waals surface area (Å²) in [6.45, 7) is 5.78. The molecule has 1 aromatic heterocycles. The Balaban J connectivity index is 2.20. The van der Waals surface area contributed by atoms with Crippen LogP contribution in [0, 0.1) is 0 Å². The Bertz CT molecular complexity index is 324. The van der Waals surface area contributed by atoms with E-state index in [1.54, 1.807) is 0 Å². The lowest BCUT2D eigenvalue weighted by atomic mass is 10.1. The topological polar surface area (TPSA) is 3.88 Å². The van der Waals surface area contributed by atoms with Crippen LogP contribution in [0.15, 0.2) is 24.4 Å². The molecule has 0 amide bonds. The Morgan fingerprint density at radius 2 is 1.27 bits per heavy atom. The maximum Gasteiger partial charge on any atom is 0.181 e. The van der Waals surface area contributed by atoms with E-state index in [1.165, 1.54) is 95.7 Å². The van der Waals surface area contributed by atoms with Crippen molar-refractivity contribution in [3.8, 4) is 0 Å². The molecule has 0 aliphatic carbocycles. The van der Waals surface area contributed by atoms with Crippen molar-refractivity contribution in [3.63, 3.8) is 0 Å². The summed E-state index contributed by atoms with van der Waals surface area (Å²) < 4.78 is 2.49. The average molecular weight is 305 g/mol. The fourth-order valence-electron chi connectivity index (χ4n) is 3.11. The van der Waals surface area contributed by atoms with E-state index < -0.39 is 0 Å². The van der Waals surface area contributed by atoms with Gasteiger partial charge in [0.05, 0.1) is 0 Å². The molecule has 126 valence electrons. The molecule has 0 unspecified atom stereocenters. The monoisotopic (exact) mass is 304 g/mol. The minimum Gasteiger partial charge on any atom is -0.202 e. The van der Waals surface area contributed by atoms with Gasteiger partial charge in [-0.1, -0.05) is 77.7 Å². The van der Waals surface area contributed by atoms with Crippen molar-refractivity contribution in [3.05, 3.63) is 30.1 Å². The second kappa shape index (κ2) is 13.8. The molecule has 0 aromatic carbocycles. The third-order valence-corrected chi connectivity index (χ3v) is 4.57. The predicted molar refractivity (Wildman–Crippen MR) is 97.1 cm³/mol. The van der Waals surface area contributed by atoms with Gasteiger partial charge in [0, 0.05) is 25.0 Å². The molecular formula is C21H38N+. The zero-order chi connectivity index (χ0) is 15.9. The highest BCUT2D eigenvalue weighted by Crippen LogP contribution is 2.09. The van der Waals surface area contributed by atoms with Gasteiger partial charge in [0.1, 0.15) is 6.54 Å². The number of nitrogens with zero attached hydrogens (tertiary/aromatic N) is 1. The Morgan fingerprint density at radius 3 is 1.95 bits per heavy atom. The van der Waals surface area contributed by atoms with Gasteiger partial charge < -0.3 is 0 Å². The van der Waals surface area contributed by atoms with Gasteiger partial charge in [0.25, 0.3) is 0 Å². The van der Waals surface area contributed by atoms with Gasteiger partial charge in [0.15, 0.2) is 11.9 Å². The van der Waals surface area contributed by atoms with E-state index >= 15 is 0 Å². The van der Waals surface area contributed by atoms with Crippen molar-refractivity contribution >= 4 is 0 Å². The van der Waals surface area contributed by atoms with E-state index in [0.29, 0.717) is 0 Å². The Kier molecular flexibility index (Phi) is 12.0. The van der Waals surface area contributed by atoms with Crippen LogP contribution in [0.2, 0.25) is 0 Å². The minimum absolute atomic E-state index is 1.21. The predicted octanol–water partition coefficient (Wildman–Crippen LogP) is 6.24. The van der Waals surface area contributed by atoms with Crippen LogP contribution in [0.4, 0.5) is 0 Å². The molecular weight excluding hydrogens is 266 g/mol. The Hall–Kier alpha value is -0.850. The van der Waals surface area contributed by atoms with Crippen molar-refractivity contribution in [1.29, 1.82) is 0 Å². The lowest BCUT2D eigenvalue weighted by Gasteiger charge is -2.05. The highest BCUT2D eigenvalue weighted by atomic mass is 14.9. The van der Waals surface area contributed by atoms with Gasteiger partial charge in [0.2, 0.25) is 0 Å². The van der Waals surface area contributed by atoms with E-state index in [1.807, 2.05) is 0 Å². The maximum atomic E-state index is 2.49. The zero-order valence-corrected chi connectivity index (χ0v) is 15.2. The number of aryl methyl sites for hydroxylation is 2. The highest BCUT2D eigenvalue weighted by molar-refractivity contribution is 4.97. The van der Waals surface area contributed by atoms with Crippen LogP contribution >= 0.6 is 0 Å². The first-order chi connectivity index (χ1) is 10.9. The van der Waals surface area contributed by atoms with E-state index in [2.05, 4.69) is 42.8 Å². The van der Waals surface area contributed by atoms with Crippen LogP contribution in [0.25, 0.3) is 0 Å². The quantitative estimate of drug-likeness (QED) is 0.283. The molecule has 22 heavy (non-hydrogen) atoms. The molecule has 0 atom stereocenters. The van der Waals surface area contributed by atoms with Crippen molar-refractivity contribution in [1.82, 2.24) is 0 Å². The number of rotatable bonds is 14. The van der Waals surface area contributed by atoms with Crippen LogP contribution in [-0.4, -0.2) is 0 Å². The third kappa shape index (κ3) is 9.23. The van der Waals surface area contributed by atoms with Gasteiger partial charge in [-0.05, 0) is 12.8 Å². The first-order valence-corrected chi connectivity index (χ1v) is 9.85. The second-order valence-electron chi connectivity index (χ2n) is 6.67. The Labute approximate surface area is 139 Å². The number of aromatic nitrogens is 1. The molecule has 1 heteroatoms. The van der Waals surface area contributed by atoms with Gasteiger partial charge in [-0.3, -0.25) is 0 Å². The number of pyridine rings is 1. The van der Waals surface area contributed by atoms with Crippen molar-refractivity contribution < 1.29 is 4.57 Å². The normalized spacial score (nSPS) is 11.0. The van der Waals surface area contributed by atoms with Crippen LogP contribution in [-0.2, 0) is 13.0 Å². The van der Waals surface area contributed by atoms with Crippen LogP contribution in [0.1, 0.15) is 96.6 Å². The highest BCUT2D eigenvalue weighted by Gasteiger charge is 2.08. The molecule has 1 aromatic rings. The number of unbranched alkanes of at least 4 members (excludes halogenated alkanes) is 10. The first-order valence-electron chi connectivity index (χ1n) is 9.85. The fourth-order valence-corrected chi connectivity index (χ4v) is 3.11. The Morgan fingerprint density at radius 1 is 0.682 bits per heavy atom. The number of hydrogen-bond donors (Lipinski definition) is 0. The molecule has 0 fully saturated rings. The summed E-state index contributed by atoms with van der Waals surface area (Å²) >= 11 is 0. The summed E-state index contributed by atoms with van der Waals surface area (Å²) in [6, 6.07) is 6.70. The summed E-state index contributed by atoms with van der Waals surface area (Å²) in [7, 11) is 0. The lowest BCUT2D eigenvalue weighted by Crippen LogP contribution is -2.37. The van der Waals surface area contributed by atoms with Gasteiger partial charge in [-0.2, -0.15) is 0 Å². The van der Waals surface area contributed by atoms with Crippen molar-refractivity contribution in [2.24, 2.45) is 0 Å². The standard InChI is InChI=1S/C21H38N/c1-3-5-7-9-11-13-17-21-18-14-16-20-22(21)19-15-12-10-8-6-4-2/h14,16,18,20H,3-13,15,17,19H2,1-2H3/q+1. The number of hydrogen-bond acceptors (Lipinski definition) is 0. The summed E-state index contributed by atoms with van der Waals surface area (Å²) in [5.41, 5.74) is 1.53. The molecule has 1 rings (SSSR count). The van der Waals surface area contributed by atoms with Crippen molar-refractivity contribution in [2.75, 3.05) is 0 Å². The molecule has 1 nitrogen and oxygen atoms in total. The molecule has 0 bridgehead atoms. The van der Waals surface area contributed by atoms with E-state index in [4.69, 9.17) is 0 Å². The summed E-state index contributed by atoms with van der Waals surface area (Å²) in [4.78, 5) is 0. The van der Waals surface area contributed by atoms with E-state index in [-0.39, 0.29) is 0 Å². The largest absolute Gasteiger partial charge is 0.202 e. The molecule has 0 aliphatic heterocycles. The molecule has 0 spiro atoms. The average Bonchev–Trinajstić information content (AvgIpc) is 2.55. The van der Waals surface area contributed by atoms with Crippen molar-refractivity contribution in [2.45, 2.75) is 104 Å². The van der Waals surface area contributed by atoms with Crippen LogP contribution in [0.5, 0.6) is 0 Å². The maximum absolute atomic E-state index is 2.49. The summed E-state index contributed by atoms with van der Waals surface area (Å²) in [5, 5.41) is 0. The zero-order valence-electron chi connectivity index (χ0n) is 15.2. The lowest BCUT2D eigenvalue weighted by molar-refractivity contribution is -0.704. The first kappa shape index (κ1) is 19.2. The third-order valence-electron chi connectivity index (χ3n) is 4.57. The molecule has 0 radical (unpaired) electrons. The van der Waals surface area contributed by atoms with Gasteiger partial charge in [-0.15, -0.1) is 0 Å². The molecule has 0 saturated carbocycles. The molecule has 0 saturated heterocycles. The van der Waals surface area contributed by atoms with Crippen LogP contribution < -0.4 is 4.57 Å². The molecule has 1 heterocycles. The molecule has 0 N–H and O–H groups in total. The van der Waals surface area contributed by atoms with Gasteiger partial charge in [-0.25, -0.2) is 4.57 Å². The van der Waals surface area contributed by atoms with Crippen LogP contribution in [0.3, 0.4) is 0 Å². The SMILES string of the molecule is CCCCCCCCc1cccc[n+]1CCCCCCCC. The van der Waals surface area contributed by atoms with E-state index in [9.17, 15) is 0 Å². The summed E-state index contributed by atoms with van der Waals surface area (Å²) in [6.07, 6.45) is 20.2. The summed E-state index contributed by atoms with van der Waals surface area (Å²) in [5.74, 6) is 0. The molecule has 0 aliphatic rings. The smallest absolute Gasteiger partial charge is 0.181 e.